The minimum Gasteiger partial charge on any atom is -0.263 e. The Balaban J connectivity index is 2.20. The number of rotatable bonds is 1. The lowest BCUT2D eigenvalue weighted by atomic mass is 10.1. The molecule has 1 aliphatic rings. The van der Waals surface area contributed by atoms with E-state index in [1.165, 1.54) is 5.56 Å². The molecule has 0 fully saturated rings. The van der Waals surface area contributed by atoms with Gasteiger partial charge in [0, 0.05) is 0 Å². The average Bonchev–Trinajstić information content (AvgIpc) is 2.74. The summed E-state index contributed by atoms with van der Waals surface area (Å²) in [4.78, 5) is 11.7. The zero-order chi connectivity index (χ0) is 13.6. The third kappa shape index (κ3) is 1.71. The molecule has 0 bridgehead atoms. The highest BCUT2D eigenvalue weighted by molar-refractivity contribution is 6.00. The lowest BCUT2D eigenvalue weighted by Crippen LogP contribution is -2.03. The van der Waals surface area contributed by atoms with Gasteiger partial charge in [-0.1, -0.05) is 24.3 Å². The maximum atomic E-state index is 11.7. The van der Waals surface area contributed by atoms with Gasteiger partial charge in [0.15, 0.2) is 5.69 Å². The second-order valence-electron chi connectivity index (χ2n) is 4.51. The summed E-state index contributed by atoms with van der Waals surface area (Å²) in [6.45, 7) is 7.72. The molecular formula is C14H12N4O. The first-order chi connectivity index (χ1) is 9.08. The van der Waals surface area contributed by atoms with Crippen molar-refractivity contribution in [2.75, 3.05) is 0 Å². The molecule has 94 valence electrons. The van der Waals surface area contributed by atoms with Crippen LogP contribution in [-0.2, 0) is 0 Å². The fraction of sp³-hybridized carbons (Fsp3) is 0.143. The van der Waals surface area contributed by atoms with E-state index in [2.05, 4.69) is 21.9 Å². The molecule has 0 unspecified atom stereocenters. The standard InChI is InChI=1S/C14H12N4O/c1-8-4-6-11(7-5-8)18-10(3)12-9(2)15-16-14(19)13(12)17-18/h4-7H,2H2,1,3H3. The number of hydrogen-bond donors (Lipinski definition) is 0. The SMILES string of the molecule is C=C1N=NC(=O)c2nn(-c3ccc(C)cc3)c(C)c21. The number of aromatic nitrogens is 2. The summed E-state index contributed by atoms with van der Waals surface area (Å²) < 4.78 is 1.73. The van der Waals surface area contributed by atoms with E-state index in [9.17, 15) is 4.79 Å². The zero-order valence-corrected chi connectivity index (χ0v) is 10.7. The molecule has 5 nitrogen and oxygen atoms in total. The number of nitrogens with zero attached hydrogens (tertiary/aromatic N) is 4. The predicted octanol–water partition coefficient (Wildman–Crippen LogP) is 3.07. The molecule has 0 saturated carbocycles. The largest absolute Gasteiger partial charge is 0.316 e. The Kier molecular flexibility index (Phi) is 2.41. The molecule has 2 heterocycles. The molecule has 1 aromatic heterocycles. The van der Waals surface area contributed by atoms with Crippen LogP contribution in [0.2, 0.25) is 0 Å². The minimum atomic E-state index is -0.420. The van der Waals surface area contributed by atoms with Gasteiger partial charge in [-0.2, -0.15) is 5.10 Å². The summed E-state index contributed by atoms with van der Waals surface area (Å²) in [5.74, 6) is -0.420. The van der Waals surface area contributed by atoms with Crippen molar-refractivity contribution in [3.05, 3.63) is 53.4 Å². The predicted molar refractivity (Wildman–Crippen MR) is 71.3 cm³/mol. The highest BCUT2D eigenvalue weighted by atomic mass is 16.2. The van der Waals surface area contributed by atoms with Crippen molar-refractivity contribution in [2.45, 2.75) is 13.8 Å². The molecule has 0 radical (unpaired) electrons. The Morgan fingerprint density at radius 1 is 1.11 bits per heavy atom. The number of amides is 1. The number of carbonyl (C=O) groups excluding carboxylic acids is 1. The normalized spacial score (nSPS) is 13.8. The zero-order valence-electron chi connectivity index (χ0n) is 10.7. The van der Waals surface area contributed by atoms with Gasteiger partial charge in [0.1, 0.15) is 0 Å². The van der Waals surface area contributed by atoms with Crippen LogP contribution in [0, 0.1) is 13.8 Å². The molecule has 0 aliphatic carbocycles. The lowest BCUT2D eigenvalue weighted by molar-refractivity contribution is 0.0987. The number of benzene rings is 1. The molecule has 0 atom stereocenters. The van der Waals surface area contributed by atoms with Crippen molar-refractivity contribution in [2.24, 2.45) is 10.2 Å². The number of hydrogen-bond acceptors (Lipinski definition) is 3. The van der Waals surface area contributed by atoms with Crippen LogP contribution in [0.4, 0.5) is 0 Å². The van der Waals surface area contributed by atoms with E-state index >= 15 is 0 Å². The highest BCUT2D eigenvalue weighted by Gasteiger charge is 2.26. The summed E-state index contributed by atoms with van der Waals surface area (Å²) in [6.07, 6.45) is 0. The van der Waals surface area contributed by atoms with Crippen LogP contribution in [0.1, 0.15) is 27.3 Å². The third-order valence-electron chi connectivity index (χ3n) is 3.15. The minimum absolute atomic E-state index is 0.318. The summed E-state index contributed by atoms with van der Waals surface area (Å²) in [5, 5.41) is 11.6. The molecular weight excluding hydrogens is 240 g/mol. The van der Waals surface area contributed by atoms with Crippen LogP contribution in [0.3, 0.4) is 0 Å². The molecule has 3 rings (SSSR count). The van der Waals surface area contributed by atoms with Gasteiger partial charge in [0.05, 0.1) is 22.6 Å². The average molecular weight is 252 g/mol. The quantitative estimate of drug-likeness (QED) is 0.783. The first kappa shape index (κ1) is 11.5. The molecule has 0 saturated heterocycles. The molecule has 1 aromatic carbocycles. The molecule has 0 spiro atoms. The maximum absolute atomic E-state index is 11.7. The first-order valence-corrected chi connectivity index (χ1v) is 5.90. The fourth-order valence-electron chi connectivity index (χ4n) is 2.14. The topological polar surface area (TPSA) is 59.6 Å². The summed E-state index contributed by atoms with van der Waals surface area (Å²) in [6, 6.07) is 7.92. The Bertz CT molecular complexity index is 723. The fourth-order valence-corrected chi connectivity index (χ4v) is 2.14. The van der Waals surface area contributed by atoms with Gasteiger partial charge >= 0.3 is 5.91 Å². The second-order valence-corrected chi connectivity index (χ2v) is 4.51. The van der Waals surface area contributed by atoms with Gasteiger partial charge in [0.2, 0.25) is 0 Å². The second kappa shape index (κ2) is 3.98. The van der Waals surface area contributed by atoms with Gasteiger partial charge in [-0.3, -0.25) is 4.79 Å². The Labute approximate surface area is 110 Å². The molecule has 5 heteroatoms. The van der Waals surface area contributed by atoms with Gasteiger partial charge < -0.3 is 0 Å². The number of carbonyl (C=O) groups is 1. The third-order valence-corrected chi connectivity index (χ3v) is 3.15. The van der Waals surface area contributed by atoms with Gasteiger partial charge in [-0.25, -0.2) is 4.68 Å². The summed E-state index contributed by atoms with van der Waals surface area (Å²) in [5.41, 5.74) is 4.39. The number of fused-ring (bicyclic) bond motifs is 1. The smallest absolute Gasteiger partial charge is 0.263 e. The van der Waals surface area contributed by atoms with E-state index < -0.39 is 5.91 Å². The summed E-state index contributed by atoms with van der Waals surface area (Å²) in [7, 11) is 0. The van der Waals surface area contributed by atoms with Gasteiger partial charge in [-0.15, -0.1) is 10.2 Å². The van der Waals surface area contributed by atoms with E-state index in [0.717, 1.165) is 11.4 Å². The van der Waals surface area contributed by atoms with E-state index in [0.29, 0.717) is 17.0 Å². The Morgan fingerprint density at radius 2 is 1.79 bits per heavy atom. The summed E-state index contributed by atoms with van der Waals surface area (Å²) >= 11 is 0. The molecule has 19 heavy (non-hydrogen) atoms. The number of aryl methyl sites for hydroxylation is 1. The van der Waals surface area contributed by atoms with Crippen LogP contribution >= 0.6 is 0 Å². The first-order valence-electron chi connectivity index (χ1n) is 5.90. The van der Waals surface area contributed by atoms with Crippen LogP contribution in [-0.4, -0.2) is 15.7 Å². The number of azo groups is 1. The highest BCUT2D eigenvalue weighted by Crippen LogP contribution is 2.29. The monoisotopic (exact) mass is 252 g/mol. The molecule has 2 aromatic rings. The van der Waals surface area contributed by atoms with E-state index in [4.69, 9.17) is 0 Å². The van der Waals surface area contributed by atoms with Crippen molar-refractivity contribution < 1.29 is 4.79 Å². The van der Waals surface area contributed by atoms with Crippen LogP contribution < -0.4 is 0 Å². The Hall–Kier alpha value is -2.56. The Morgan fingerprint density at radius 3 is 2.42 bits per heavy atom. The van der Waals surface area contributed by atoms with Crippen molar-refractivity contribution in [1.29, 1.82) is 0 Å². The van der Waals surface area contributed by atoms with E-state index in [1.807, 2.05) is 38.1 Å². The van der Waals surface area contributed by atoms with Crippen molar-refractivity contribution in [1.82, 2.24) is 9.78 Å². The molecule has 0 N–H and O–H groups in total. The lowest BCUT2D eigenvalue weighted by Gasteiger charge is -2.06. The van der Waals surface area contributed by atoms with Crippen LogP contribution in [0.5, 0.6) is 0 Å². The van der Waals surface area contributed by atoms with Gasteiger partial charge in [-0.05, 0) is 26.0 Å². The van der Waals surface area contributed by atoms with Crippen molar-refractivity contribution in [3.63, 3.8) is 0 Å². The van der Waals surface area contributed by atoms with Gasteiger partial charge in [0.25, 0.3) is 0 Å². The molecule has 1 aliphatic heterocycles. The van der Waals surface area contributed by atoms with Crippen LogP contribution in [0.15, 0.2) is 41.1 Å². The van der Waals surface area contributed by atoms with E-state index in [-0.39, 0.29) is 0 Å². The van der Waals surface area contributed by atoms with Crippen LogP contribution in [0.25, 0.3) is 11.4 Å². The maximum Gasteiger partial charge on any atom is 0.316 e. The molecule has 1 amide bonds. The van der Waals surface area contributed by atoms with E-state index in [1.54, 1.807) is 4.68 Å². The van der Waals surface area contributed by atoms with Crippen molar-refractivity contribution in [3.8, 4) is 5.69 Å². The van der Waals surface area contributed by atoms with Crippen molar-refractivity contribution >= 4 is 11.6 Å².